The fourth-order valence-corrected chi connectivity index (χ4v) is 2.84. The highest BCUT2D eigenvalue weighted by Crippen LogP contribution is 2.24. The smallest absolute Gasteiger partial charge is 0.255 e. The van der Waals surface area contributed by atoms with Gasteiger partial charge >= 0.3 is 0 Å². The summed E-state index contributed by atoms with van der Waals surface area (Å²) in [7, 11) is 1.56. The Morgan fingerprint density at radius 3 is 2.46 bits per heavy atom. The number of hydrogen-bond donors (Lipinski definition) is 1. The topological polar surface area (TPSA) is 58.6 Å². The lowest BCUT2D eigenvalue weighted by atomic mass is 10.1. The quantitative estimate of drug-likeness (QED) is 0.939. The largest absolute Gasteiger partial charge is 0.495 e. The first-order chi connectivity index (χ1) is 11.7. The summed E-state index contributed by atoms with van der Waals surface area (Å²) in [6, 6.07) is 14.0. The first-order valence-electron chi connectivity index (χ1n) is 8.03. The molecule has 0 spiro atoms. The molecular weight excluding hydrogens is 304 g/mol. The molecule has 24 heavy (non-hydrogen) atoms. The van der Waals surface area contributed by atoms with Gasteiger partial charge in [-0.1, -0.05) is 18.2 Å². The van der Waals surface area contributed by atoms with Crippen LogP contribution in [0.1, 0.15) is 33.6 Å². The van der Waals surface area contributed by atoms with Crippen LogP contribution in [0.2, 0.25) is 0 Å². The van der Waals surface area contributed by atoms with Crippen LogP contribution in [0.4, 0.5) is 5.69 Å². The molecule has 1 saturated heterocycles. The Labute approximate surface area is 141 Å². The van der Waals surface area contributed by atoms with Gasteiger partial charge in [-0.3, -0.25) is 9.59 Å². The highest BCUT2D eigenvalue weighted by molar-refractivity contribution is 6.06. The fourth-order valence-electron chi connectivity index (χ4n) is 2.84. The molecule has 124 valence electrons. The second kappa shape index (κ2) is 7.17. The summed E-state index contributed by atoms with van der Waals surface area (Å²) in [6.07, 6.45) is 2.08. The third kappa shape index (κ3) is 3.40. The highest BCUT2D eigenvalue weighted by atomic mass is 16.5. The van der Waals surface area contributed by atoms with Gasteiger partial charge in [0.2, 0.25) is 0 Å². The molecular formula is C19H20N2O3. The molecule has 0 unspecified atom stereocenters. The molecule has 0 radical (unpaired) electrons. The lowest BCUT2D eigenvalue weighted by Gasteiger charge is -2.15. The van der Waals surface area contributed by atoms with E-state index in [4.69, 9.17) is 4.74 Å². The first kappa shape index (κ1) is 16.1. The molecule has 3 rings (SSSR count). The molecule has 1 aliphatic rings. The second-order valence-corrected chi connectivity index (χ2v) is 5.73. The normalized spacial score (nSPS) is 13.6. The number of benzene rings is 2. The summed E-state index contributed by atoms with van der Waals surface area (Å²) in [4.78, 5) is 26.8. The molecule has 2 aromatic carbocycles. The van der Waals surface area contributed by atoms with Gasteiger partial charge in [-0.25, -0.2) is 0 Å². The Kier molecular flexibility index (Phi) is 4.79. The Balaban J connectivity index is 1.78. The van der Waals surface area contributed by atoms with Crippen molar-refractivity contribution in [1.82, 2.24) is 4.90 Å². The molecule has 1 N–H and O–H groups in total. The number of para-hydroxylation sites is 2. The lowest BCUT2D eigenvalue weighted by Crippen LogP contribution is -2.27. The maximum absolute atomic E-state index is 12.5. The Bertz CT molecular complexity index is 752. The van der Waals surface area contributed by atoms with Gasteiger partial charge in [-0.2, -0.15) is 0 Å². The number of carbonyl (C=O) groups is 2. The maximum Gasteiger partial charge on any atom is 0.255 e. The maximum atomic E-state index is 12.5. The van der Waals surface area contributed by atoms with Gasteiger partial charge in [0.05, 0.1) is 12.8 Å². The van der Waals surface area contributed by atoms with E-state index in [1.54, 1.807) is 43.5 Å². The Morgan fingerprint density at radius 2 is 1.71 bits per heavy atom. The van der Waals surface area contributed by atoms with Crippen molar-refractivity contribution in [3.8, 4) is 5.75 Å². The molecule has 0 saturated carbocycles. The summed E-state index contributed by atoms with van der Waals surface area (Å²) in [5, 5.41) is 2.82. The van der Waals surface area contributed by atoms with Crippen molar-refractivity contribution < 1.29 is 14.3 Å². The minimum absolute atomic E-state index is 0.0144. The van der Waals surface area contributed by atoms with Crippen molar-refractivity contribution >= 4 is 17.5 Å². The van der Waals surface area contributed by atoms with E-state index in [1.807, 2.05) is 17.0 Å². The van der Waals surface area contributed by atoms with Gasteiger partial charge in [0.1, 0.15) is 5.75 Å². The van der Waals surface area contributed by atoms with Gasteiger partial charge in [-0.05, 0) is 43.2 Å². The van der Waals surface area contributed by atoms with Crippen LogP contribution >= 0.6 is 0 Å². The van der Waals surface area contributed by atoms with Crippen molar-refractivity contribution in [2.24, 2.45) is 0 Å². The highest BCUT2D eigenvalue weighted by Gasteiger charge is 2.20. The summed E-state index contributed by atoms with van der Waals surface area (Å²) in [6.45, 7) is 1.58. The van der Waals surface area contributed by atoms with Crippen LogP contribution < -0.4 is 10.1 Å². The van der Waals surface area contributed by atoms with Gasteiger partial charge in [0.15, 0.2) is 0 Å². The molecule has 0 aromatic heterocycles. The van der Waals surface area contributed by atoms with E-state index in [-0.39, 0.29) is 11.8 Å². The Morgan fingerprint density at radius 1 is 1.00 bits per heavy atom. The average molecular weight is 324 g/mol. The van der Waals surface area contributed by atoms with Gasteiger partial charge in [-0.15, -0.1) is 0 Å². The monoisotopic (exact) mass is 324 g/mol. The number of carbonyl (C=O) groups excluding carboxylic acids is 2. The van der Waals surface area contributed by atoms with E-state index >= 15 is 0 Å². The molecule has 1 heterocycles. The average Bonchev–Trinajstić information content (AvgIpc) is 3.16. The summed E-state index contributed by atoms with van der Waals surface area (Å²) >= 11 is 0. The van der Waals surface area contributed by atoms with Crippen LogP contribution in [0.25, 0.3) is 0 Å². The number of anilines is 1. The Hall–Kier alpha value is -2.82. The number of hydrogen-bond acceptors (Lipinski definition) is 3. The number of nitrogens with one attached hydrogen (secondary N) is 1. The molecule has 5 heteroatoms. The fraction of sp³-hybridized carbons (Fsp3) is 0.263. The van der Waals surface area contributed by atoms with Crippen LogP contribution in [0.3, 0.4) is 0 Å². The van der Waals surface area contributed by atoms with E-state index in [0.717, 1.165) is 25.9 Å². The predicted octanol–water partition coefficient (Wildman–Crippen LogP) is 3.18. The van der Waals surface area contributed by atoms with Gasteiger partial charge in [0.25, 0.3) is 11.8 Å². The van der Waals surface area contributed by atoms with Crippen molar-refractivity contribution in [3.05, 3.63) is 59.7 Å². The zero-order valence-electron chi connectivity index (χ0n) is 13.6. The van der Waals surface area contributed by atoms with Crippen molar-refractivity contribution in [1.29, 1.82) is 0 Å². The standard InChI is InChI=1S/C19H20N2O3/c1-24-17-10-3-2-9-16(17)20-18(22)14-7-6-8-15(13-14)19(23)21-11-4-5-12-21/h2-3,6-10,13H,4-5,11-12H2,1H3,(H,20,22). The minimum atomic E-state index is -0.268. The molecule has 0 atom stereocenters. The number of likely N-dealkylation sites (tertiary alicyclic amines) is 1. The van der Waals surface area contributed by atoms with Crippen LogP contribution in [-0.2, 0) is 0 Å². The van der Waals surface area contributed by atoms with E-state index in [0.29, 0.717) is 22.6 Å². The van der Waals surface area contributed by atoms with Crippen molar-refractivity contribution in [2.75, 3.05) is 25.5 Å². The van der Waals surface area contributed by atoms with Gasteiger partial charge < -0.3 is 15.0 Å². The third-order valence-electron chi connectivity index (χ3n) is 4.12. The van der Waals surface area contributed by atoms with Crippen LogP contribution in [0.15, 0.2) is 48.5 Å². The third-order valence-corrected chi connectivity index (χ3v) is 4.12. The van der Waals surface area contributed by atoms with E-state index in [9.17, 15) is 9.59 Å². The van der Waals surface area contributed by atoms with E-state index < -0.39 is 0 Å². The zero-order valence-corrected chi connectivity index (χ0v) is 13.6. The molecule has 1 aliphatic heterocycles. The van der Waals surface area contributed by atoms with Crippen LogP contribution in [-0.4, -0.2) is 36.9 Å². The number of rotatable bonds is 4. The SMILES string of the molecule is COc1ccccc1NC(=O)c1cccc(C(=O)N2CCCC2)c1. The number of methoxy groups -OCH3 is 1. The van der Waals surface area contributed by atoms with Crippen molar-refractivity contribution in [2.45, 2.75) is 12.8 Å². The summed E-state index contributed by atoms with van der Waals surface area (Å²) < 4.78 is 5.24. The van der Waals surface area contributed by atoms with Crippen LogP contribution in [0, 0.1) is 0 Å². The lowest BCUT2D eigenvalue weighted by molar-refractivity contribution is 0.0793. The molecule has 0 bridgehead atoms. The number of amides is 2. The number of nitrogens with zero attached hydrogens (tertiary/aromatic N) is 1. The van der Waals surface area contributed by atoms with E-state index in [1.165, 1.54) is 0 Å². The van der Waals surface area contributed by atoms with E-state index in [2.05, 4.69) is 5.32 Å². The molecule has 1 fully saturated rings. The second-order valence-electron chi connectivity index (χ2n) is 5.73. The molecule has 5 nitrogen and oxygen atoms in total. The molecule has 2 aromatic rings. The van der Waals surface area contributed by atoms with Crippen molar-refractivity contribution in [3.63, 3.8) is 0 Å². The zero-order chi connectivity index (χ0) is 16.9. The van der Waals surface area contributed by atoms with Gasteiger partial charge in [0, 0.05) is 24.2 Å². The summed E-state index contributed by atoms with van der Waals surface area (Å²) in [5.74, 6) is 0.310. The minimum Gasteiger partial charge on any atom is -0.495 e. The molecule has 0 aliphatic carbocycles. The first-order valence-corrected chi connectivity index (χ1v) is 8.03. The molecule has 2 amide bonds. The van der Waals surface area contributed by atoms with Crippen LogP contribution in [0.5, 0.6) is 5.75 Å². The summed E-state index contributed by atoms with van der Waals surface area (Å²) in [5.41, 5.74) is 1.59. The number of ether oxygens (including phenoxy) is 1. The predicted molar refractivity (Wildman–Crippen MR) is 92.5 cm³/mol.